The van der Waals surface area contributed by atoms with Crippen molar-refractivity contribution in [3.05, 3.63) is 23.8 Å². The monoisotopic (exact) mass is 330 g/mol. The zero-order valence-corrected chi connectivity index (χ0v) is 12.3. The van der Waals surface area contributed by atoms with Crippen molar-refractivity contribution in [2.75, 3.05) is 31.2 Å². The predicted molar refractivity (Wildman–Crippen MR) is 76.1 cm³/mol. The lowest BCUT2D eigenvalue weighted by molar-refractivity contribution is -0.138. The van der Waals surface area contributed by atoms with Gasteiger partial charge in [-0.1, -0.05) is 11.3 Å². The first-order chi connectivity index (χ1) is 10.5. The van der Waals surface area contributed by atoms with Crippen molar-refractivity contribution in [1.82, 2.24) is 4.98 Å². The van der Waals surface area contributed by atoms with Gasteiger partial charge in [-0.25, -0.2) is 4.98 Å². The molecule has 0 atom stereocenters. The third-order valence-corrected chi connectivity index (χ3v) is 5.08. The number of fused-ring (bicyclic) bond motifs is 1. The van der Waals surface area contributed by atoms with Crippen LogP contribution >= 0.6 is 11.3 Å². The fourth-order valence-electron chi connectivity index (χ4n) is 2.88. The summed E-state index contributed by atoms with van der Waals surface area (Å²) in [5.74, 6) is -0.561. The normalized spacial score (nSPS) is 21.3. The number of rotatable bonds is 1. The number of benzene rings is 1. The molecule has 0 N–H and O–H groups in total. The molecular weight excluding hydrogens is 317 g/mol. The van der Waals surface area contributed by atoms with Gasteiger partial charge in [0.15, 0.2) is 10.9 Å². The van der Waals surface area contributed by atoms with Crippen molar-refractivity contribution >= 4 is 26.7 Å². The third kappa shape index (κ3) is 2.35. The topological polar surface area (TPSA) is 34.6 Å². The molecule has 22 heavy (non-hydrogen) atoms. The molecule has 2 aliphatic heterocycles. The summed E-state index contributed by atoms with van der Waals surface area (Å²) in [5.41, 5.74) is -0.291. The summed E-state index contributed by atoms with van der Waals surface area (Å²) in [7, 11) is 0. The van der Waals surface area contributed by atoms with Crippen LogP contribution in [0.2, 0.25) is 0 Å². The molecule has 0 unspecified atom stereocenters. The van der Waals surface area contributed by atoms with Crippen LogP contribution in [0.25, 0.3) is 10.2 Å². The van der Waals surface area contributed by atoms with Gasteiger partial charge in [-0.15, -0.1) is 0 Å². The third-order valence-electron chi connectivity index (χ3n) is 3.98. The fraction of sp³-hybridized carbons (Fsp3) is 0.500. The Morgan fingerprint density at radius 2 is 2.00 bits per heavy atom. The zero-order valence-electron chi connectivity index (χ0n) is 11.5. The molecule has 1 aromatic heterocycles. The Bertz CT molecular complexity index is 710. The highest BCUT2D eigenvalue weighted by Gasteiger charge is 2.44. The number of alkyl halides is 3. The number of hydrogen-bond acceptors (Lipinski definition) is 5. The number of halogens is 3. The number of ether oxygens (including phenoxy) is 2. The van der Waals surface area contributed by atoms with Crippen LogP contribution < -0.4 is 4.90 Å². The minimum Gasteiger partial charge on any atom is -0.346 e. The highest BCUT2D eigenvalue weighted by Crippen LogP contribution is 2.38. The molecule has 3 heterocycles. The minimum absolute atomic E-state index is 0.379. The molecule has 2 aliphatic rings. The average Bonchev–Trinajstić information content (AvgIpc) is 3.18. The van der Waals surface area contributed by atoms with Crippen molar-refractivity contribution in [3.63, 3.8) is 0 Å². The number of aromatic nitrogens is 1. The minimum atomic E-state index is -4.35. The van der Waals surface area contributed by atoms with Crippen LogP contribution in [-0.2, 0) is 15.7 Å². The van der Waals surface area contributed by atoms with Gasteiger partial charge in [0.05, 0.1) is 35.5 Å². The van der Waals surface area contributed by atoms with Crippen molar-refractivity contribution in [2.45, 2.75) is 18.4 Å². The fourth-order valence-corrected chi connectivity index (χ4v) is 3.85. The molecule has 2 saturated heterocycles. The Hall–Kier alpha value is -1.38. The van der Waals surface area contributed by atoms with E-state index in [9.17, 15) is 13.2 Å². The molecule has 0 radical (unpaired) electrons. The maximum Gasteiger partial charge on any atom is 0.416 e. The van der Waals surface area contributed by atoms with Crippen LogP contribution in [-0.4, -0.2) is 37.1 Å². The molecule has 0 bridgehead atoms. The molecule has 118 valence electrons. The van der Waals surface area contributed by atoms with E-state index in [-0.39, 0.29) is 0 Å². The van der Waals surface area contributed by atoms with Crippen molar-refractivity contribution < 1.29 is 22.6 Å². The quantitative estimate of drug-likeness (QED) is 0.804. The van der Waals surface area contributed by atoms with E-state index < -0.39 is 17.5 Å². The lowest BCUT2D eigenvalue weighted by atomic mass is 10.2. The first kappa shape index (κ1) is 14.2. The Morgan fingerprint density at radius 3 is 2.73 bits per heavy atom. The van der Waals surface area contributed by atoms with Crippen molar-refractivity contribution in [1.29, 1.82) is 0 Å². The number of thiazole rings is 1. The summed E-state index contributed by atoms with van der Waals surface area (Å²) < 4.78 is 50.3. The van der Waals surface area contributed by atoms with Gasteiger partial charge in [0.1, 0.15) is 0 Å². The van der Waals surface area contributed by atoms with Crippen LogP contribution in [0, 0.1) is 0 Å². The van der Waals surface area contributed by atoms with E-state index in [1.165, 1.54) is 17.4 Å². The van der Waals surface area contributed by atoms with Gasteiger partial charge in [-0.2, -0.15) is 13.2 Å². The van der Waals surface area contributed by atoms with Crippen LogP contribution in [0.4, 0.5) is 18.3 Å². The second-order valence-electron chi connectivity index (χ2n) is 5.46. The summed E-state index contributed by atoms with van der Waals surface area (Å²) >= 11 is 1.39. The molecule has 1 aromatic carbocycles. The second-order valence-corrected chi connectivity index (χ2v) is 6.46. The molecule has 4 rings (SSSR count). The van der Waals surface area contributed by atoms with Gasteiger partial charge >= 0.3 is 6.18 Å². The molecule has 0 saturated carbocycles. The highest BCUT2D eigenvalue weighted by atomic mass is 32.1. The summed E-state index contributed by atoms with van der Waals surface area (Å²) in [4.78, 5) is 6.37. The number of hydrogen-bond donors (Lipinski definition) is 0. The van der Waals surface area contributed by atoms with Crippen LogP contribution in [0.3, 0.4) is 0 Å². The maximum absolute atomic E-state index is 12.8. The smallest absolute Gasteiger partial charge is 0.346 e. The summed E-state index contributed by atoms with van der Waals surface area (Å²) in [6.07, 6.45) is -3.60. The van der Waals surface area contributed by atoms with Gasteiger partial charge in [0, 0.05) is 13.0 Å². The molecule has 2 aromatic rings. The van der Waals surface area contributed by atoms with E-state index in [4.69, 9.17) is 9.47 Å². The standard InChI is InChI=1S/C14H13F3N2O2S/c15-14(16,17)9-1-2-11-10(7-9)18-12(22-11)19-4-3-13(8-19)20-5-6-21-13/h1-2,7H,3-6,8H2. The van der Waals surface area contributed by atoms with E-state index in [1.807, 2.05) is 4.90 Å². The van der Waals surface area contributed by atoms with Crippen LogP contribution in [0.5, 0.6) is 0 Å². The van der Waals surface area contributed by atoms with E-state index >= 15 is 0 Å². The van der Waals surface area contributed by atoms with Gasteiger partial charge in [0.25, 0.3) is 0 Å². The molecule has 8 heteroatoms. The molecule has 0 amide bonds. The average molecular weight is 330 g/mol. The molecular formula is C14H13F3N2O2S. The van der Waals surface area contributed by atoms with Gasteiger partial charge in [0.2, 0.25) is 0 Å². The van der Waals surface area contributed by atoms with Crippen molar-refractivity contribution in [2.24, 2.45) is 0 Å². The lowest BCUT2D eigenvalue weighted by Gasteiger charge is -2.21. The van der Waals surface area contributed by atoms with Gasteiger partial charge < -0.3 is 14.4 Å². The van der Waals surface area contributed by atoms with Crippen LogP contribution in [0.15, 0.2) is 18.2 Å². The summed E-state index contributed by atoms with van der Waals surface area (Å²) in [6, 6.07) is 3.68. The zero-order chi connectivity index (χ0) is 15.4. The Morgan fingerprint density at radius 1 is 1.23 bits per heavy atom. The largest absolute Gasteiger partial charge is 0.416 e. The van der Waals surface area contributed by atoms with E-state index in [1.54, 1.807) is 0 Å². The molecule has 4 nitrogen and oxygen atoms in total. The van der Waals surface area contributed by atoms with Gasteiger partial charge in [-0.05, 0) is 18.2 Å². The predicted octanol–water partition coefficient (Wildman–Crippen LogP) is 3.27. The second kappa shape index (κ2) is 4.81. The number of anilines is 1. The molecule has 2 fully saturated rings. The molecule has 0 aliphatic carbocycles. The summed E-state index contributed by atoms with van der Waals surface area (Å²) in [6.45, 7) is 2.47. The van der Waals surface area contributed by atoms with E-state index in [0.29, 0.717) is 30.4 Å². The Kier molecular flexibility index (Phi) is 3.11. The first-order valence-corrected chi connectivity index (χ1v) is 7.78. The van der Waals surface area contributed by atoms with E-state index in [0.717, 1.165) is 29.8 Å². The SMILES string of the molecule is FC(F)(F)c1ccc2sc(N3CCC4(C3)OCCO4)nc2c1. The highest BCUT2D eigenvalue weighted by molar-refractivity contribution is 7.22. The Balaban J connectivity index is 1.63. The van der Waals surface area contributed by atoms with Crippen molar-refractivity contribution in [3.8, 4) is 0 Å². The lowest BCUT2D eigenvalue weighted by Crippen LogP contribution is -2.34. The first-order valence-electron chi connectivity index (χ1n) is 6.96. The number of nitrogens with zero attached hydrogens (tertiary/aromatic N) is 2. The van der Waals surface area contributed by atoms with Crippen LogP contribution in [0.1, 0.15) is 12.0 Å². The molecule has 1 spiro atoms. The Labute approximate surface area is 128 Å². The van der Waals surface area contributed by atoms with Gasteiger partial charge in [-0.3, -0.25) is 0 Å². The summed E-state index contributed by atoms with van der Waals surface area (Å²) in [5, 5.41) is 0.713. The van der Waals surface area contributed by atoms with E-state index in [2.05, 4.69) is 4.98 Å². The maximum atomic E-state index is 12.8.